The van der Waals surface area contributed by atoms with E-state index in [1.165, 1.54) is 24.2 Å². The summed E-state index contributed by atoms with van der Waals surface area (Å²) in [5.41, 5.74) is 2.37. The van der Waals surface area contributed by atoms with Crippen molar-refractivity contribution in [2.24, 2.45) is 7.05 Å². The number of rotatable bonds is 2. The van der Waals surface area contributed by atoms with Crippen molar-refractivity contribution in [1.82, 2.24) is 19.9 Å². The molecule has 1 fully saturated rings. The maximum Gasteiger partial charge on any atom is 0.117 e. The molecule has 0 amide bonds. The number of aryl methyl sites for hydroxylation is 1. The van der Waals surface area contributed by atoms with Gasteiger partial charge in [0.2, 0.25) is 0 Å². The minimum atomic E-state index is 0.187. The monoisotopic (exact) mass is 244 g/mol. The molecule has 1 atom stereocenters. The Hall–Kier alpha value is -1.42. The fraction of sp³-hybridized carbons (Fsp3) is 0.571. The van der Waals surface area contributed by atoms with Gasteiger partial charge in [0.05, 0.1) is 11.7 Å². The van der Waals surface area contributed by atoms with Gasteiger partial charge < -0.3 is 9.88 Å². The third-order valence-electron chi connectivity index (χ3n) is 4.31. The van der Waals surface area contributed by atoms with Crippen LogP contribution in [0.15, 0.2) is 18.5 Å². The number of fused-ring (bicyclic) bond motifs is 1. The first-order chi connectivity index (χ1) is 8.77. The van der Waals surface area contributed by atoms with Crippen LogP contribution in [0.5, 0.6) is 0 Å². The summed E-state index contributed by atoms with van der Waals surface area (Å²) in [7, 11) is 2.12. The Labute approximate surface area is 107 Å². The lowest BCUT2D eigenvalue weighted by Crippen LogP contribution is -2.44. The number of nitrogens with one attached hydrogen (secondary N) is 1. The molecule has 1 aliphatic rings. The van der Waals surface area contributed by atoms with E-state index >= 15 is 0 Å². The number of hydrogen-bond donors (Lipinski definition) is 1. The molecule has 0 saturated carbocycles. The van der Waals surface area contributed by atoms with E-state index in [2.05, 4.69) is 28.8 Å². The average Bonchev–Trinajstić information content (AvgIpc) is 2.78. The predicted molar refractivity (Wildman–Crippen MR) is 72.6 cm³/mol. The van der Waals surface area contributed by atoms with Crippen LogP contribution in [-0.4, -0.2) is 27.6 Å². The summed E-state index contributed by atoms with van der Waals surface area (Å²) in [6.07, 6.45) is 7.28. The quantitative estimate of drug-likeness (QED) is 0.878. The van der Waals surface area contributed by atoms with Crippen LogP contribution >= 0.6 is 0 Å². The zero-order valence-corrected chi connectivity index (χ0v) is 11.1. The molecular formula is C14H20N4. The standard InChI is InChI=1S/C14H20N4/c1-3-14(6-4-7-16-10-14)13-17-11-9-15-8-5-12(11)18(13)2/h5,8-9,16H,3-4,6-7,10H2,1-2H3. The Bertz CT molecular complexity index is 552. The van der Waals surface area contributed by atoms with E-state index in [1.54, 1.807) is 0 Å². The second-order valence-electron chi connectivity index (χ2n) is 5.27. The zero-order valence-electron chi connectivity index (χ0n) is 11.1. The van der Waals surface area contributed by atoms with Crippen LogP contribution in [0.1, 0.15) is 32.0 Å². The van der Waals surface area contributed by atoms with Crippen LogP contribution in [0.3, 0.4) is 0 Å². The van der Waals surface area contributed by atoms with Crippen molar-refractivity contribution in [2.75, 3.05) is 13.1 Å². The minimum Gasteiger partial charge on any atom is -0.331 e. The van der Waals surface area contributed by atoms with Crippen LogP contribution in [0, 0.1) is 0 Å². The Kier molecular flexibility index (Phi) is 2.82. The van der Waals surface area contributed by atoms with E-state index in [4.69, 9.17) is 4.98 Å². The van der Waals surface area contributed by atoms with Crippen molar-refractivity contribution >= 4 is 11.0 Å². The second-order valence-corrected chi connectivity index (χ2v) is 5.27. The third kappa shape index (κ3) is 1.63. The fourth-order valence-corrected chi connectivity index (χ4v) is 3.14. The van der Waals surface area contributed by atoms with Gasteiger partial charge in [-0.1, -0.05) is 6.92 Å². The highest BCUT2D eigenvalue weighted by Crippen LogP contribution is 2.34. The molecule has 2 aromatic heterocycles. The molecule has 0 radical (unpaired) electrons. The lowest BCUT2D eigenvalue weighted by Gasteiger charge is -2.36. The number of pyridine rings is 1. The van der Waals surface area contributed by atoms with Gasteiger partial charge in [-0.25, -0.2) is 4.98 Å². The number of nitrogens with zero attached hydrogens (tertiary/aromatic N) is 3. The molecule has 1 saturated heterocycles. The topological polar surface area (TPSA) is 42.7 Å². The molecule has 3 rings (SSSR count). The summed E-state index contributed by atoms with van der Waals surface area (Å²) in [6.45, 7) is 4.44. The van der Waals surface area contributed by atoms with E-state index in [0.717, 1.165) is 25.0 Å². The summed E-state index contributed by atoms with van der Waals surface area (Å²) in [6, 6.07) is 2.05. The summed E-state index contributed by atoms with van der Waals surface area (Å²) < 4.78 is 2.24. The molecule has 1 N–H and O–H groups in total. The summed E-state index contributed by atoms with van der Waals surface area (Å²) in [4.78, 5) is 9.01. The van der Waals surface area contributed by atoms with Crippen LogP contribution < -0.4 is 5.32 Å². The van der Waals surface area contributed by atoms with Crippen LogP contribution in [0.2, 0.25) is 0 Å². The molecule has 3 heterocycles. The Morgan fingerprint density at radius 3 is 3.06 bits per heavy atom. The summed E-state index contributed by atoms with van der Waals surface area (Å²) in [5.74, 6) is 1.21. The third-order valence-corrected chi connectivity index (χ3v) is 4.31. The second kappa shape index (κ2) is 4.35. The fourth-order valence-electron chi connectivity index (χ4n) is 3.14. The normalized spacial score (nSPS) is 24.6. The molecule has 18 heavy (non-hydrogen) atoms. The van der Waals surface area contributed by atoms with Crippen molar-refractivity contribution in [3.63, 3.8) is 0 Å². The summed E-state index contributed by atoms with van der Waals surface area (Å²) >= 11 is 0. The van der Waals surface area contributed by atoms with Gasteiger partial charge in [0, 0.05) is 25.2 Å². The zero-order chi connectivity index (χ0) is 12.6. The Morgan fingerprint density at radius 1 is 1.50 bits per heavy atom. The van der Waals surface area contributed by atoms with E-state index < -0.39 is 0 Å². The smallest absolute Gasteiger partial charge is 0.117 e. The van der Waals surface area contributed by atoms with Crippen molar-refractivity contribution < 1.29 is 0 Å². The van der Waals surface area contributed by atoms with Crippen LogP contribution in [-0.2, 0) is 12.5 Å². The summed E-state index contributed by atoms with van der Waals surface area (Å²) in [5, 5.41) is 3.53. The van der Waals surface area contributed by atoms with Crippen LogP contribution in [0.4, 0.5) is 0 Å². The number of hydrogen-bond acceptors (Lipinski definition) is 3. The van der Waals surface area contributed by atoms with E-state index in [1.807, 2.05) is 18.5 Å². The van der Waals surface area contributed by atoms with Gasteiger partial charge in [0.15, 0.2) is 0 Å². The highest BCUT2D eigenvalue weighted by atomic mass is 15.1. The van der Waals surface area contributed by atoms with Crippen molar-refractivity contribution in [2.45, 2.75) is 31.6 Å². The maximum absolute atomic E-state index is 4.84. The van der Waals surface area contributed by atoms with Gasteiger partial charge in [0.25, 0.3) is 0 Å². The van der Waals surface area contributed by atoms with Gasteiger partial charge in [-0.2, -0.15) is 0 Å². The average molecular weight is 244 g/mol. The van der Waals surface area contributed by atoms with Gasteiger partial charge in [-0.3, -0.25) is 4.98 Å². The largest absolute Gasteiger partial charge is 0.331 e. The number of aromatic nitrogens is 3. The molecule has 2 aromatic rings. The van der Waals surface area contributed by atoms with Gasteiger partial charge in [-0.05, 0) is 31.9 Å². The van der Waals surface area contributed by atoms with Crippen molar-refractivity contribution in [1.29, 1.82) is 0 Å². The molecular weight excluding hydrogens is 224 g/mol. The van der Waals surface area contributed by atoms with Crippen molar-refractivity contribution in [3.05, 3.63) is 24.3 Å². The Balaban J connectivity index is 2.14. The molecule has 0 aliphatic carbocycles. The maximum atomic E-state index is 4.84. The molecule has 0 bridgehead atoms. The molecule has 4 heteroatoms. The molecule has 0 aromatic carbocycles. The van der Waals surface area contributed by atoms with Crippen molar-refractivity contribution in [3.8, 4) is 0 Å². The first-order valence-corrected chi connectivity index (χ1v) is 6.74. The molecule has 96 valence electrons. The SMILES string of the molecule is CCC1(c2nc3cnccc3n2C)CCCNC1. The highest BCUT2D eigenvalue weighted by molar-refractivity contribution is 5.74. The van der Waals surface area contributed by atoms with Gasteiger partial charge >= 0.3 is 0 Å². The first kappa shape index (κ1) is 11.7. The lowest BCUT2D eigenvalue weighted by molar-refractivity contribution is 0.283. The van der Waals surface area contributed by atoms with Gasteiger partial charge in [0.1, 0.15) is 11.3 Å². The minimum absolute atomic E-state index is 0.187. The molecule has 4 nitrogen and oxygen atoms in total. The first-order valence-electron chi connectivity index (χ1n) is 6.74. The predicted octanol–water partition coefficient (Wildman–Crippen LogP) is 2.00. The molecule has 1 unspecified atom stereocenters. The highest BCUT2D eigenvalue weighted by Gasteiger charge is 2.36. The molecule has 1 aliphatic heterocycles. The number of imidazole rings is 1. The van der Waals surface area contributed by atoms with E-state index in [9.17, 15) is 0 Å². The molecule has 0 spiro atoms. The van der Waals surface area contributed by atoms with E-state index in [0.29, 0.717) is 0 Å². The van der Waals surface area contributed by atoms with Crippen LogP contribution in [0.25, 0.3) is 11.0 Å². The Morgan fingerprint density at radius 2 is 2.39 bits per heavy atom. The lowest BCUT2D eigenvalue weighted by atomic mass is 9.77. The van der Waals surface area contributed by atoms with Gasteiger partial charge in [-0.15, -0.1) is 0 Å². The van der Waals surface area contributed by atoms with E-state index in [-0.39, 0.29) is 5.41 Å². The number of piperidine rings is 1.